The number of imide groups is 1. The van der Waals surface area contributed by atoms with Crippen molar-refractivity contribution < 1.29 is 23.5 Å². The maximum absolute atomic E-state index is 11.3. The smallest absolute Gasteiger partial charge is 0.318 e. The largest absolute Gasteiger partial charge is 0.493 e. The molecule has 0 aliphatic carbocycles. The number of ether oxygens (including phenoxy) is 2. The molecule has 0 spiro atoms. The number of primary amides is 1. The fraction of sp³-hybridized carbons (Fsp3) is 0.231. The quantitative estimate of drug-likeness (QED) is 0.747. The maximum Gasteiger partial charge on any atom is 0.318 e. The van der Waals surface area contributed by atoms with Crippen LogP contribution in [0.1, 0.15) is 0 Å². The minimum atomic E-state index is -0.910. The Kier molecular flexibility index (Phi) is 5.41. The second kappa shape index (κ2) is 7.49. The maximum atomic E-state index is 11.3. The number of urea groups is 1. The van der Waals surface area contributed by atoms with Crippen molar-refractivity contribution in [2.45, 2.75) is 5.22 Å². The highest BCUT2D eigenvalue weighted by Crippen LogP contribution is 2.32. The van der Waals surface area contributed by atoms with Crippen LogP contribution in [0.4, 0.5) is 4.79 Å². The number of carbonyl (C=O) groups excluding carboxylic acids is 2. The monoisotopic (exact) mass is 338 g/mol. The summed E-state index contributed by atoms with van der Waals surface area (Å²) in [6, 6.07) is 4.24. The van der Waals surface area contributed by atoms with Crippen LogP contribution in [0.5, 0.6) is 11.5 Å². The SMILES string of the molecule is COc1ccc(-c2nnc(SCC(=O)NC(N)=O)o2)cc1OC. The molecule has 0 aliphatic heterocycles. The first-order valence-corrected chi connectivity index (χ1v) is 7.30. The highest BCUT2D eigenvalue weighted by atomic mass is 32.2. The molecule has 2 aromatic rings. The molecule has 0 bridgehead atoms. The van der Waals surface area contributed by atoms with E-state index in [1.54, 1.807) is 18.2 Å². The number of hydrogen-bond acceptors (Lipinski definition) is 8. The number of nitrogens with two attached hydrogens (primary N) is 1. The molecule has 2 rings (SSSR count). The van der Waals surface area contributed by atoms with Crippen molar-refractivity contribution in [2.24, 2.45) is 5.73 Å². The standard InChI is InChI=1S/C13H14N4O5S/c1-20-8-4-3-7(5-9(8)21-2)11-16-17-13(22-11)23-6-10(18)15-12(14)19/h3-5H,6H2,1-2H3,(H3,14,15,18,19). The van der Waals surface area contributed by atoms with Gasteiger partial charge in [0.05, 0.1) is 20.0 Å². The topological polar surface area (TPSA) is 130 Å². The van der Waals surface area contributed by atoms with Crippen molar-refractivity contribution in [3.8, 4) is 23.0 Å². The van der Waals surface area contributed by atoms with Gasteiger partial charge in [0.25, 0.3) is 5.22 Å². The Morgan fingerprint density at radius 2 is 2.00 bits per heavy atom. The van der Waals surface area contributed by atoms with Crippen molar-refractivity contribution in [1.82, 2.24) is 15.5 Å². The summed E-state index contributed by atoms with van der Waals surface area (Å²) in [6.07, 6.45) is 0. The van der Waals surface area contributed by atoms with Gasteiger partial charge in [0, 0.05) is 5.56 Å². The first-order chi connectivity index (χ1) is 11.0. The van der Waals surface area contributed by atoms with Gasteiger partial charge >= 0.3 is 6.03 Å². The average molecular weight is 338 g/mol. The third-order valence-corrected chi connectivity index (χ3v) is 3.44. The van der Waals surface area contributed by atoms with Gasteiger partial charge in [-0.1, -0.05) is 11.8 Å². The van der Waals surface area contributed by atoms with E-state index >= 15 is 0 Å². The molecule has 0 radical (unpaired) electrons. The zero-order chi connectivity index (χ0) is 16.8. The van der Waals surface area contributed by atoms with E-state index in [1.165, 1.54) is 14.2 Å². The van der Waals surface area contributed by atoms with Crippen molar-refractivity contribution in [3.05, 3.63) is 18.2 Å². The van der Waals surface area contributed by atoms with Gasteiger partial charge in [0.2, 0.25) is 11.8 Å². The Balaban J connectivity index is 2.07. The molecular weight excluding hydrogens is 324 g/mol. The predicted octanol–water partition coefficient (Wildman–Crippen LogP) is 1.04. The minimum absolute atomic E-state index is 0.0729. The summed E-state index contributed by atoms with van der Waals surface area (Å²) in [6.45, 7) is 0. The zero-order valence-electron chi connectivity index (χ0n) is 12.4. The van der Waals surface area contributed by atoms with E-state index < -0.39 is 11.9 Å². The second-order valence-electron chi connectivity index (χ2n) is 4.14. The molecule has 122 valence electrons. The lowest BCUT2D eigenvalue weighted by Gasteiger charge is -2.07. The number of benzene rings is 1. The molecule has 1 heterocycles. The van der Waals surface area contributed by atoms with Gasteiger partial charge in [0.15, 0.2) is 11.5 Å². The molecule has 3 N–H and O–H groups in total. The van der Waals surface area contributed by atoms with Gasteiger partial charge in [-0.2, -0.15) is 0 Å². The Bertz CT molecular complexity index is 718. The first-order valence-electron chi connectivity index (χ1n) is 6.31. The predicted molar refractivity (Wildman–Crippen MR) is 81.3 cm³/mol. The Morgan fingerprint density at radius 1 is 1.26 bits per heavy atom. The van der Waals surface area contributed by atoms with E-state index in [9.17, 15) is 9.59 Å². The summed E-state index contributed by atoms with van der Waals surface area (Å²) in [7, 11) is 3.06. The van der Waals surface area contributed by atoms with Gasteiger partial charge in [-0.05, 0) is 18.2 Å². The summed E-state index contributed by atoms with van der Waals surface area (Å²) in [5.74, 6) is 0.750. The van der Waals surface area contributed by atoms with Crippen LogP contribution in [-0.4, -0.2) is 42.1 Å². The second-order valence-corrected chi connectivity index (χ2v) is 5.07. The lowest BCUT2D eigenvalue weighted by atomic mass is 10.2. The Morgan fingerprint density at radius 3 is 2.65 bits per heavy atom. The van der Waals surface area contributed by atoms with Gasteiger partial charge in [0.1, 0.15) is 0 Å². The summed E-state index contributed by atoms with van der Waals surface area (Å²) in [4.78, 5) is 21.8. The molecule has 3 amide bonds. The number of nitrogens with zero attached hydrogens (tertiary/aromatic N) is 2. The zero-order valence-corrected chi connectivity index (χ0v) is 13.2. The summed E-state index contributed by atoms with van der Waals surface area (Å²) < 4.78 is 15.8. The minimum Gasteiger partial charge on any atom is -0.493 e. The third kappa shape index (κ3) is 4.36. The van der Waals surface area contributed by atoms with Crippen molar-refractivity contribution in [1.29, 1.82) is 0 Å². The van der Waals surface area contributed by atoms with E-state index in [0.29, 0.717) is 17.1 Å². The lowest BCUT2D eigenvalue weighted by molar-refractivity contribution is -0.117. The molecule has 0 atom stereocenters. The summed E-state index contributed by atoms with van der Waals surface area (Å²) >= 11 is 0.988. The summed E-state index contributed by atoms with van der Waals surface area (Å²) in [5, 5.41) is 9.85. The van der Waals surface area contributed by atoms with Gasteiger partial charge in [-0.25, -0.2) is 4.79 Å². The molecule has 1 aromatic carbocycles. The van der Waals surface area contributed by atoms with E-state index in [1.807, 2.05) is 5.32 Å². The van der Waals surface area contributed by atoms with Crippen LogP contribution in [-0.2, 0) is 4.79 Å². The van der Waals surface area contributed by atoms with Crippen LogP contribution < -0.4 is 20.5 Å². The molecule has 0 saturated heterocycles. The first kappa shape index (κ1) is 16.6. The highest BCUT2D eigenvalue weighted by Gasteiger charge is 2.14. The van der Waals surface area contributed by atoms with Crippen LogP contribution in [0, 0.1) is 0 Å². The van der Waals surface area contributed by atoms with Crippen LogP contribution in [0.15, 0.2) is 27.8 Å². The van der Waals surface area contributed by atoms with Crippen LogP contribution in [0.3, 0.4) is 0 Å². The Labute approximate surface area is 135 Å². The number of amides is 3. The molecule has 0 unspecified atom stereocenters. The fourth-order valence-corrected chi connectivity index (χ4v) is 2.22. The van der Waals surface area contributed by atoms with E-state index in [4.69, 9.17) is 19.6 Å². The number of hydrogen-bond donors (Lipinski definition) is 2. The number of nitrogens with one attached hydrogen (secondary N) is 1. The molecule has 0 aliphatic rings. The molecule has 9 nitrogen and oxygen atoms in total. The average Bonchev–Trinajstić information content (AvgIpc) is 3.00. The van der Waals surface area contributed by atoms with E-state index in [0.717, 1.165) is 11.8 Å². The summed E-state index contributed by atoms with van der Waals surface area (Å²) in [5.41, 5.74) is 5.48. The van der Waals surface area contributed by atoms with Gasteiger partial charge in [-0.15, -0.1) is 10.2 Å². The number of aromatic nitrogens is 2. The number of carbonyl (C=O) groups is 2. The van der Waals surface area contributed by atoms with Crippen molar-refractivity contribution in [3.63, 3.8) is 0 Å². The third-order valence-electron chi connectivity index (χ3n) is 2.63. The van der Waals surface area contributed by atoms with E-state index in [-0.39, 0.29) is 16.9 Å². The fourth-order valence-electron chi connectivity index (χ4n) is 1.65. The van der Waals surface area contributed by atoms with Crippen molar-refractivity contribution >= 4 is 23.7 Å². The van der Waals surface area contributed by atoms with E-state index in [2.05, 4.69) is 10.2 Å². The number of thioether (sulfide) groups is 1. The highest BCUT2D eigenvalue weighted by molar-refractivity contribution is 7.99. The molecule has 0 saturated carbocycles. The molecule has 1 aromatic heterocycles. The molecule has 23 heavy (non-hydrogen) atoms. The van der Waals surface area contributed by atoms with Gasteiger partial charge in [-0.3, -0.25) is 10.1 Å². The van der Waals surface area contributed by atoms with Crippen molar-refractivity contribution in [2.75, 3.05) is 20.0 Å². The van der Waals surface area contributed by atoms with Gasteiger partial charge < -0.3 is 19.6 Å². The molecular formula is C13H14N4O5S. The normalized spacial score (nSPS) is 10.2. The Hall–Kier alpha value is -2.75. The number of methoxy groups -OCH3 is 2. The van der Waals surface area contributed by atoms with Crippen LogP contribution >= 0.6 is 11.8 Å². The van der Waals surface area contributed by atoms with Crippen LogP contribution in [0.2, 0.25) is 0 Å². The number of rotatable bonds is 6. The molecule has 0 fully saturated rings. The molecule has 10 heteroatoms. The lowest BCUT2D eigenvalue weighted by Crippen LogP contribution is -2.36. The van der Waals surface area contributed by atoms with Crippen LogP contribution in [0.25, 0.3) is 11.5 Å².